The van der Waals surface area contributed by atoms with Crippen molar-refractivity contribution in [2.24, 2.45) is 0 Å². The zero-order chi connectivity index (χ0) is 18.9. The number of halogens is 6. The Morgan fingerprint density at radius 1 is 0.958 bits per heavy atom. The quantitative estimate of drug-likeness (QED) is 0.191. The van der Waals surface area contributed by atoms with Crippen LogP contribution in [0.2, 0.25) is 0 Å². The molecule has 0 saturated carbocycles. The highest BCUT2D eigenvalue weighted by atomic mass is 32.2. The second kappa shape index (κ2) is 10.3. The third-order valence-corrected chi connectivity index (χ3v) is 4.58. The summed E-state index contributed by atoms with van der Waals surface area (Å²) in [5.41, 5.74) is 0. The molecule has 0 radical (unpaired) electrons. The molecule has 24 heavy (non-hydrogen) atoms. The SMILES string of the molecule is C=CCOS(=O)(=O)C(F)(F)C(F)CCCCCCCCC(F)(F)F. The van der Waals surface area contributed by atoms with Crippen LogP contribution < -0.4 is 0 Å². The Hall–Kier alpha value is -0.770. The van der Waals surface area contributed by atoms with E-state index in [9.17, 15) is 34.8 Å². The van der Waals surface area contributed by atoms with Gasteiger partial charge < -0.3 is 0 Å². The highest BCUT2D eigenvalue weighted by Gasteiger charge is 2.53. The zero-order valence-electron chi connectivity index (χ0n) is 13.1. The van der Waals surface area contributed by atoms with Crippen molar-refractivity contribution in [2.45, 2.75) is 69.0 Å². The molecular weight excluding hydrogens is 362 g/mol. The molecule has 1 unspecified atom stereocenters. The van der Waals surface area contributed by atoms with E-state index in [1.807, 2.05) is 0 Å². The molecule has 144 valence electrons. The third kappa shape index (κ3) is 8.91. The number of alkyl halides is 6. The van der Waals surface area contributed by atoms with Crippen molar-refractivity contribution in [1.29, 1.82) is 0 Å². The minimum Gasteiger partial charge on any atom is -0.261 e. The number of rotatable bonds is 13. The van der Waals surface area contributed by atoms with Crippen LogP contribution in [0.4, 0.5) is 26.3 Å². The van der Waals surface area contributed by atoms with E-state index >= 15 is 0 Å². The van der Waals surface area contributed by atoms with Crippen molar-refractivity contribution in [3.63, 3.8) is 0 Å². The molecule has 0 aliphatic carbocycles. The summed E-state index contributed by atoms with van der Waals surface area (Å²) in [5.74, 6) is 0. The predicted molar refractivity (Wildman–Crippen MR) is 77.9 cm³/mol. The van der Waals surface area contributed by atoms with E-state index in [0.29, 0.717) is 25.7 Å². The molecule has 3 nitrogen and oxygen atoms in total. The third-order valence-electron chi connectivity index (χ3n) is 3.21. The lowest BCUT2D eigenvalue weighted by atomic mass is 10.1. The van der Waals surface area contributed by atoms with Crippen LogP contribution in [-0.4, -0.2) is 32.6 Å². The fraction of sp³-hybridized carbons (Fsp3) is 0.857. The molecule has 0 bridgehead atoms. The first-order chi connectivity index (χ1) is 10.9. The zero-order valence-corrected chi connectivity index (χ0v) is 13.9. The van der Waals surface area contributed by atoms with Gasteiger partial charge in [0.1, 0.15) is 0 Å². The van der Waals surface area contributed by atoms with Gasteiger partial charge in [-0.05, 0) is 12.8 Å². The van der Waals surface area contributed by atoms with E-state index in [1.54, 1.807) is 0 Å². The van der Waals surface area contributed by atoms with Crippen molar-refractivity contribution in [3.8, 4) is 0 Å². The normalized spacial score (nSPS) is 14.6. The first kappa shape index (κ1) is 23.2. The smallest absolute Gasteiger partial charge is 0.261 e. The van der Waals surface area contributed by atoms with Crippen LogP contribution in [0, 0.1) is 0 Å². The molecule has 0 aliphatic rings. The minimum atomic E-state index is -5.38. The molecule has 0 aromatic rings. The summed E-state index contributed by atoms with van der Waals surface area (Å²) in [6, 6.07) is 0. The highest BCUT2D eigenvalue weighted by Crippen LogP contribution is 2.32. The molecule has 0 aromatic heterocycles. The van der Waals surface area contributed by atoms with Crippen LogP contribution in [0.25, 0.3) is 0 Å². The lowest BCUT2D eigenvalue weighted by molar-refractivity contribution is -0.135. The minimum absolute atomic E-state index is 0.00695. The Balaban J connectivity index is 4.00. The molecule has 0 aliphatic heterocycles. The number of hydrogen-bond donors (Lipinski definition) is 0. The summed E-state index contributed by atoms with van der Waals surface area (Å²) in [5, 5.41) is -4.65. The van der Waals surface area contributed by atoms with Crippen LogP contribution in [0.5, 0.6) is 0 Å². The van der Waals surface area contributed by atoms with Crippen molar-refractivity contribution in [1.82, 2.24) is 0 Å². The second-order valence-corrected chi connectivity index (χ2v) is 7.02. The van der Waals surface area contributed by atoms with E-state index in [4.69, 9.17) is 0 Å². The van der Waals surface area contributed by atoms with Crippen LogP contribution in [0.1, 0.15) is 51.4 Å². The maximum atomic E-state index is 13.5. The molecule has 10 heteroatoms. The van der Waals surface area contributed by atoms with E-state index < -0.39 is 47.2 Å². The Kier molecular flexibility index (Phi) is 9.94. The van der Waals surface area contributed by atoms with Gasteiger partial charge in [-0.2, -0.15) is 30.4 Å². The lowest BCUT2D eigenvalue weighted by Gasteiger charge is -2.20. The molecule has 0 fully saturated rings. The van der Waals surface area contributed by atoms with Gasteiger partial charge in [0, 0.05) is 6.42 Å². The summed E-state index contributed by atoms with van der Waals surface area (Å²) >= 11 is 0. The van der Waals surface area contributed by atoms with Gasteiger partial charge in [-0.15, -0.1) is 6.58 Å². The monoisotopic (exact) mass is 384 g/mol. The topological polar surface area (TPSA) is 43.4 Å². The van der Waals surface area contributed by atoms with E-state index in [-0.39, 0.29) is 12.8 Å². The molecular formula is C14H22F6O3S. The van der Waals surface area contributed by atoms with E-state index in [0.717, 1.165) is 6.08 Å². The lowest BCUT2D eigenvalue weighted by Crippen LogP contribution is -2.40. The van der Waals surface area contributed by atoms with E-state index in [1.165, 1.54) is 0 Å². The first-order valence-electron chi connectivity index (χ1n) is 7.52. The molecule has 0 N–H and O–H groups in total. The molecule has 0 aromatic carbocycles. The number of unbranched alkanes of at least 4 members (excludes halogenated alkanes) is 5. The van der Waals surface area contributed by atoms with Crippen molar-refractivity contribution in [3.05, 3.63) is 12.7 Å². The van der Waals surface area contributed by atoms with Gasteiger partial charge in [0.25, 0.3) is 0 Å². The standard InChI is InChI=1S/C14H22F6O3S/c1-2-11-23-24(21,22)14(19,20)12(15)9-7-5-3-4-6-8-10-13(16,17)18/h2,12H,1,3-11H2. The first-order valence-corrected chi connectivity index (χ1v) is 8.93. The maximum absolute atomic E-state index is 13.5. The summed E-state index contributed by atoms with van der Waals surface area (Å²) < 4.78 is 102. The molecule has 0 amide bonds. The van der Waals surface area contributed by atoms with Crippen molar-refractivity contribution >= 4 is 10.1 Å². The summed E-state index contributed by atoms with van der Waals surface area (Å²) in [4.78, 5) is 0. The van der Waals surface area contributed by atoms with Gasteiger partial charge >= 0.3 is 21.5 Å². The van der Waals surface area contributed by atoms with Crippen molar-refractivity contribution < 1.29 is 38.9 Å². The molecule has 0 rings (SSSR count). The van der Waals surface area contributed by atoms with Crippen LogP contribution >= 0.6 is 0 Å². The van der Waals surface area contributed by atoms with Gasteiger partial charge in [-0.1, -0.05) is 38.2 Å². The molecule has 0 heterocycles. The van der Waals surface area contributed by atoms with Crippen LogP contribution in [-0.2, 0) is 14.3 Å². The van der Waals surface area contributed by atoms with Gasteiger partial charge in [0.2, 0.25) is 0 Å². The maximum Gasteiger partial charge on any atom is 0.400 e. The largest absolute Gasteiger partial charge is 0.400 e. The fourth-order valence-electron chi connectivity index (χ4n) is 1.90. The fourth-order valence-corrected chi connectivity index (χ4v) is 2.76. The molecule has 0 spiro atoms. The van der Waals surface area contributed by atoms with Crippen LogP contribution in [0.15, 0.2) is 12.7 Å². The average Bonchev–Trinajstić information content (AvgIpc) is 2.46. The summed E-state index contributed by atoms with van der Waals surface area (Å²) in [6.07, 6.45) is -6.07. The van der Waals surface area contributed by atoms with Gasteiger partial charge in [-0.3, -0.25) is 4.18 Å². The summed E-state index contributed by atoms with van der Waals surface area (Å²) in [7, 11) is -5.38. The molecule has 1 atom stereocenters. The van der Waals surface area contributed by atoms with Crippen LogP contribution in [0.3, 0.4) is 0 Å². The second-order valence-electron chi connectivity index (χ2n) is 5.33. The average molecular weight is 384 g/mol. The van der Waals surface area contributed by atoms with Gasteiger partial charge in [-0.25, -0.2) is 4.39 Å². The number of hydrogen-bond acceptors (Lipinski definition) is 3. The molecule has 0 saturated heterocycles. The highest BCUT2D eigenvalue weighted by molar-refractivity contribution is 7.87. The Morgan fingerprint density at radius 3 is 1.96 bits per heavy atom. The summed E-state index contributed by atoms with van der Waals surface area (Å²) in [6.45, 7) is 2.43. The van der Waals surface area contributed by atoms with E-state index in [2.05, 4.69) is 10.8 Å². The Bertz CT molecular complexity index is 462. The van der Waals surface area contributed by atoms with Gasteiger partial charge in [0.05, 0.1) is 6.61 Å². The predicted octanol–water partition coefficient (Wildman–Crippen LogP) is 5.13. The van der Waals surface area contributed by atoms with Gasteiger partial charge in [0.15, 0.2) is 6.17 Å². The Morgan fingerprint density at radius 2 is 1.46 bits per heavy atom. The Labute approximate surface area is 138 Å². The van der Waals surface area contributed by atoms with Crippen molar-refractivity contribution in [2.75, 3.05) is 6.61 Å².